The first kappa shape index (κ1) is 32.2. The molecule has 42 heavy (non-hydrogen) atoms. The molecule has 2 atom stereocenters. The minimum absolute atomic E-state index is 0.0180. The maximum atomic E-state index is 14.9. The first-order chi connectivity index (χ1) is 19.7. The number of anilines is 1. The molecule has 226 valence electrons. The Labute approximate surface area is 244 Å². The molecule has 0 aliphatic heterocycles. The van der Waals surface area contributed by atoms with Gasteiger partial charge in [0.25, 0.3) is 0 Å². The zero-order valence-corrected chi connectivity index (χ0v) is 24.5. The van der Waals surface area contributed by atoms with Gasteiger partial charge in [0.15, 0.2) is 0 Å². The van der Waals surface area contributed by atoms with Crippen LogP contribution in [0.15, 0.2) is 48.7 Å². The fourth-order valence-electron chi connectivity index (χ4n) is 4.67. The molecule has 0 aliphatic carbocycles. The van der Waals surface area contributed by atoms with Gasteiger partial charge in [-0.15, -0.1) is 0 Å². The van der Waals surface area contributed by atoms with Crippen molar-refractivity contribution in [1.29, 1.82) is 0 Å². The fourth-order valence-corrected chi connectivity index (χ4v) is 4.67. The number of nitrogens with two attached hydrogens (primary N) is 2. The van der Waals surface area contributed by atoms with Crippen LogP contribution in [0.5, 0.6) is 0 Å². The summed E-state index contributed by atoms with van der Waals surface area (Å²) in [6.07, 6.45) is 1.03. The second-order valence-corrected chi connectivity index (χ2v) is 11.2. The summed E-state index contributed by atoms with van der Waals surface area (Å²) in [4.78, 5) is 42.6. The number of hydrogen-bond donors (Lipinski definition) is 3. The van der Waals surface area contributed by atoms with E-state index in [2.05, 4.69) is 5.32 Å². The number of nitrogens with one attached hydrogen (secondary N) is 1. The molecular weight excluding hydrogens is 546 g/mol. The van der Waals surface area contributed by atoms with Crippen molar-refractivity contribution in [3.63, 3.8) is 0 Å². The van der Waals surface area contributed by atoms with Crippen molar-refractivity contribution < 1.29 is 27.9 Å². The summed E-state index contributed by atoms with van der Waals surface area (Å²) in [6, 6.07) is 8.97. The average molecular weight is 585 g/mol. The topological polar surface area (TPSA) is 146 Å². The first-order valence-corrected chi connectivity index (χ1v) is 13.5. The Morgan fingerprint density at radius 1 is 1.14 bits per heavy atom. The molecule has 5 N–H and O–H groups in total. The molecule has 0 aliphatic rings. The lowest BCUT2D eigenvalue weighted by Crippen LogP contribution is -2.42. The molecule has 2 aromatic carbocycles. The van der Waals surface area contributed by atoms with Gasteiger partial charge in [0.1, 0.15) is 17.5 Å². The molecule has 2 unspecified atom stereocenters. The summed E-state index contributed by atoms with van der Waals surface area (Å²) in [5.41, 5.74) is 11.7. The van der Waals surface area contributed by atoms with Gasteiger partial charge in [0.05, 0.1) is 24.4 Å². The molecule has 0 saturated carbocycles. The van der Waals surface area contributed by atoms with Gasteiger partial charge >= 0.3 is 6.09 Å². The number of carbonyl (C=O) groups is 3. The normalized spacial score (nSPS) is 12.9. The first-order valence-electron chi connectivity index (χ1n) is 13.5. The highest BCUT2D eigenvalue weighted by molar-refractivity contribution is 5.94. The van der Waals surface area contributed by atoms with Crippen molar-refractivity contribution in [1.82, 2.24) is 14.5 Å². The van der Waals surface area contributed by atoms with E-state index in [0.29, 0.717) is 17.9 Å². The molecule has 3 amide bonds. The van der Waals surface area contributed by atoms with E-state index in [1.807, 2.05) is 26.8 Å². The SMILES string of the molecule is CC(=O)N(CCCOC(N)=O)C(c1nc(-c2cc(F)ccc2F)cn1Cc1cccc(NC(=O)C(C)N)c1)C(C)(C)C. The van der Waals surface area contributed by atoms with Crippen molar-refractivity contribution in [2.45, 2.75) is 59.7 Å². The average Bonchev–Trinajstić information content (AvgIpc) is 3.28. The van der Waals surface area contributed by atoms with Gasteiger partial charge in [-0.05, 0) is 54.7 Å². The van der Waals surface area contributed by atoms with Gasteiger partial charge in [-0.3, -0.25) is 9.59 Å². The Morgan fingerprint density at radius 2 is 1.86 bits per heavy atom. The van der Waals surface area contributed by atoms with E-state index in [0.717, 1.165) is 23.8 Å². The summed E-state index contributed by atoms with van der Waals surface area (Å²) >= 11 is 0. The molecule has 3 rings (SSSR count). The van der Waals surface area contributed by atoms with Crippen LogP contribution in [0.1, 0.15) is 58.5 Å². The number of benzene rings is 2. The van der Waals surface area contributed by atoms with Crippen molar-refractivity contribution in [2.24, 2.45) is 16.9 Å². The van der Waals surface area contributed by atoms with Crippen molar-refractivity contribution in [3.8, 4) is 11.3 Å². The van der Waals surface area contributed by atoms with E-state index in [9.17, 15) is 23.2 Å². The zero-order valence-electron chi connectivity index (χ0n) is 24.5. The molecule has 1 aromatic heterocycles. The molecule has 0 spiro atoms. The number of ether oxygens (including phenoxy) is 1. The van der Waals surface area contributed by atoms with Crippen molar-refractivity contribution in [3.05, 3.63) is 71.7 Å². The maximum Gasteiger partial charge on any atom is 0.404 e. The van der Waals surface area contributed by atoms with Gasteiger partial charge < -0.3 is 31.0 Å². The van der Waals surface area contributed by atoms with Crippen LogP contribution in [0.2, 0.25) is 0 Å². The number of imidazole rings is 1. The van der Waals surface area contributed by atoms with E-state index in [-0.39, 0.29) is 42.8 Å². The minimum atomic E-state index is -0.909. The number of nitrogens with zero attached hydrogens (tertiary/aromatic N) is 3. The zero-order chi connectivity index (χ0) is 31.2. The summed E-state index contributed by atoms with van der Waals surface area (Å²) in [6.45, 7) is 9.32. The van der Waals surface area contributed by atoms with Crippen LogP contribution in [0, 0.1) is 17.0 Å². The number of amides is 3. The predicted molar refractivity (Wildman–Crippen MR) is 155 cm³/mol. The number of halogens is 2. The van der Waals surface area contributed by atoms with Crippen LogP contribution in [0.25, 0.3) is 11.3 Å². The monoisotopic (exact) mass is 584 g/mol. The third-order valence-corrected chi connectivity index (χ3v) is 6.54. The van der Waals surface area contributed by atoms with Crippen LogP contribution in [-0.2, 0) is 20.9 Å². The smallest absolute Gasteiger partial charge is 0.404 e. The molecule has 0 bridgehead atoms. The molecule has 12 heteroatoms. The van der Waals surface area contributed by atoms with Crippen LogP contribution in [0.3, 0.4) is 0 Å². The number of hydrogen-bond acceptors (Lipinski definition) is 6. The van der Waals surface area contributed by atoms with Crippen LogP contribution < -0.4 is 16.8 Å². The van der Waals surface area contributed by atoms with Gasteiger partial charge in [0.2, 0.25) is 11.8 Å². The Morgan fingerprint density at radius 3 is 2.48 bits per heavy atom. The second-order valence-electron chi connectivity index (χ2n) is 11.2. The molecular formula is C30H38F2N6O4. The van der Waals surface area contributed by atoms with Crippen molar-refractivity contribution >= 4 is 23.6 Å². The van der Waals surface area contributed by atoms with Crippen LogP contribution in [-0.4, -0.2) is 51.6 Å². The Bertz CT molecular complexity index is 1430. The quantitative estimate of drug-likeness (QED) is 0.281. The highest BCUT2D eigenvalue weighted by Crippen LogP contribution is 2.39. The summed E-state index contributed by atoms with van der Waals surface area (Å²) in [5.74, 6) is -1.41. The van der Waals surface area contributed by atoms with E-state index in [1.54, 1.807) is 40.8 Å². The number of primary amides is 1. The molecule has 0 saturated heterocycles. The lowest BCUT2D eigenvalue weighted by molar-refractivity contribution is -0.134. The maximum absolute atomic E-state index is 14.9. The van der Waals surface area contributed by atoms with Gasteiger partial charge in [-0.1, -0.05) is 32.9 Å². The van der Waals surface area contributed by atoms with Crippen LogP contribution >= 0.6 is 0 Å². The summed E-state index contributed by atoms with van der Waals surface area (Å²) in [5, 5.41) is 2.77. The highest BCUT2D eigenvalue weighted by Gasteiger charge is 2.37. The van der Waals surface area contributed by atoms with E-state index in [1.165, 1.54) is 6.92 Å². The number of aromatic nitrogens is 2. The predicted octanol–water partition coefficient (Wildman–Crippen LogP) is 4.58. The van der Waals surface area contributed by atoms with Gasteiger partial charge in [-0.2, -0.15) is 0 Å². The van der Waals surface area contributed by atoms with Gasteiger partial charge in [-0.25, -0.2) is 18.6 Å². The van der Waals surface area contributed by atoms with E-state index < -0.39 is 35.2 Å². The van der Waals surface area contributed by atoms with Crippen LogP contribution in [0.4, 0.5) is 19.3 Å². The minimum Gasteiger partial charge on any atom is -0.450 e. The standard InChI is InChI=1S/C30H38F2N6O4/c1-18(33)28(40)35-22-9-6-8-20(14-22)16-37-17-25(23-15-21(31)10-11-24(23)32)36-27(37)26(30(3,4)5)38(19(2)39)12-7-13-42-29(34)41/h6,8-11,14-15,17-18,26H,7,12-13,16,33H2,1-5H3,(H2,34,41)(H,35,40). The summed E-state index contributed by atoms with van der Waals surface area (Å²) in [7, 11) is 0. The molecule has 0 fully saturated rings. The van der Waals surface area contributed by atoms with E-state index in [4.69, 9.17) is 21.2 Å². The Hall–Kier alpha value is -4.32. The third-order valence-electron chi connectivity index (χ3n) is 6.54. The molecule has 1 heterocycles. The van der Waals surface area contributed by atoms with Crippen molar-refractivity contribution in [2.75, 3.05) is 18.5 Å². The third kappa shape index (κ3) is 8.35. The largest absolute Gasteiger partial charge is 0.450 e. The molecule has 3 aromatic rings. The van der Waals surface area contributed by atoms with E-state index >= 15 is 0 Å². The number of rotatable bonds is 11. The molecule has 0 radical (unpaired) electrons. The summed E-state index contributed by atoms with van der Waals surface area (Å²) < 4.78 is 35.7. The Kier molecular flexibility index (Phi) is 10.4. The number of carbonyl (C=O) groups excluding carboxylic acids is 3. The Balaban J connectivity index is 2.12. The highest BCUT2D eigenvalue weighted by atomic mass is 19.1. The lowest BCUT2D eigenvalue weighted by atomic mass is 9.84. The second kappa shape index (κ2) is 13.6. The fraction of sp³-hybridized carbons (Fsp3) is 0.400. The lowest BCUT2D eigenvalue weighted by Gasteiger charge is -2.39. The molecule has 10 nitrogen and oxygen atoms in total. The van der Waals surface area contributed by atoms with Gasteiger partial charge in [0, 0.05) is 37.5 Å².